The summed E-state index contributed by atoms with van der Waals surface area (Å²) in [5, 5.41) is 18.1. The van der Waals surface area contributed by atoms with E-state index in [-0.39, 0.29) is 12.1 Å². The monoisotopic (exact) mass is 770 g/mol. The van der Waals surface area contributed by atoms with Crippen molar-refractivity contribution in [1.82, 2.24) is 20.0 Å². The van der Waals surface area contributed by atoms with E-state index >= 15 is 0 Å². The van der Waals surface area contributed by atoms with Crippen LogP contribution >= 0.6 is 0 Å². The van der Waals surface area contributed by atoms with Gasteiger partial charge in [-0.05, 0) is 54.4 Å². The minimum absolute atomic E-state index is 0.0583. The zero-order valence-electron chi connectivity index (χ0n) is 31.3. The number of carbonyl (C=O) groups excluding carboxylic acids is 4. The van der Waals surface area contributed by atoms with E-state index in [0.29, 0.717) is 54.1 Å². The van der Waals surface area contributed by atoms with Gasteiger partial charge in [0.05, 0.1) is 18.0 Å². The number of aryl methyl sites for hydroxylation is 1. The first-order valence-electron chi connectivity index (χ1n) is 17.9. The maximum absolute atomic E-state index is 12.1. The SMILES string of the molecule is CC1(C)OC(=O)C(C(=O)Cc2ccc(C=O)cc2)C(=O)O1.Cc1oc(-c2ccccc2)nc1CCOc1ccc(Cc2nn(-c3ccccc3)nc2C(=O)O)cc1. The van der Waals surface area contributed by atoms with Gasteiger partial charge in [0, 0.05) is 44.2 Å². The average molecular weight is 771 g/mol. The molecule has 57 heavy (non-hydrogen) atoms. The van der Waals surface area contributed by atoms with Gasteiger partial charge in [-0.15, -0.1) is 5.10 Å². The van der Waals surface area contributed by atoms with Crippen LogP contribution in [-0.2, 0) is 43.1 Å². The molecule has 0 unspecified atom stereocenters. The van der Waals surface area contributed by atoms with Crippen molar-refractivity contribution in [2.75, 3.05) is 6.61 Å². The third-order valence-electron chi connectivity index (χ3n) is 8.67. The van der Waals surface area contributed by atoms with Gasteiger partial charge >= 0.3 is 17.9 Å². The normalized spacial score (nSPS) is 13.5. The van der Waals surface area contributed by atoms with E-state index in [1.807, 2.05) is 91.9 Å². The topological polar surface area (TPSA) is 190 Å². The molecule has 0 spiro atoms. The molecule has 6 aromatic rings. The number of Topliss-reactive ketones (excluding diaryl/α,β-unsaturated/α-hetero) is 1. The molecule has 290 valence electrons. The Hall–Kier alpha value is -7.22. The number of para-hydroxylation sites is 1. The Morgan fingerprint density at radius 2 is 1.44 bits per heavy atom. The maximum Gasteiger partial charge on any atom is 0.358 e. The molecule has 4 aromatic carbocycles. The van der Waals surface area contributed by atoms with E-state index in [1.165, 1.54) is 18.6 Å². The van der Waals surface area contributed by atoms with Gasteiger partial charge in [0.25, 0.3) is 5.79 Å². The van der Waals surface area contributed by atoms with Crippen LogP contribution in [0.5, 0.6) is 5.75 Å². The number of cyclic esters (lactones) is 2. The molecule has 1 N–H and O–H groups in total. The number of aromatic carboxylic acids is 1. The Morgan fingerprint density at radius 3 is 2.05 bits per heavy atom. The summed E-state index contributed by atoms with van der Waals surface area (Å²) >= 11 is 0. The summed E-state index contributed by atoms with van der Waals surface area (Å²) in [6, 6.07) is 32.8. The van der Waals surface area contributed by atoms with Crippen molar-refractivity contribution < 1.29 is 47.7 Å². The molecule has 7 rings (SSSR count). The van der Waals surface area contributed by atoms with Crippen molar-refractivity contribution in [2.24, 2.45) is 5.92 Å². The molecule has 1 saturated heterocycles. The summed E-state index contributed by atoms with van der Waals surface area (Å²) in [5.41, 5.74) is 4.83. The smallest absolute Gasteiger partial charge is 0.358 e. The van der Waals surface area contributed by atoms with Crippen LogP contribution in [0, 0.1) is 12.8 Å². The van der Waals surface area contributed by atoms with Gasteiger partial charge in [0.15, 0.2) is 11.5 Å². The van der Waals surface area contributed by atoms with Crippen molar-refractivity contribution in [3.63, 3.8) is 0 Å². The molecule has 0 saturated carbocycles. The summed E-state index contributed by atoms with van der Waals surface area (Å²) in [4.78, 5) is 63.8. The van der Waals surface area contributed by atoms with E-state index in [0.717, 1.165) is 28.3 Å². The number of esters is 2. The van der Waals surface area contributed by atoms with Gasteiger partial charge in [-0.3, -0.25) is 19.2 Å². The quantitative estimate of drug-likeness (QED) is 0.0794. The predicted molar refractivity (Wildman–Crippen MR) is 204 cm³/mol. The number of carboxylic acids is 1. The summed E-state index contributed by atoms with van der Waals surface area (Å²) in [6.07, 6.45) is 1.53. The molecule has 0 radical (unpaired) electrons. The lowest BCUT2D eigenvalue weighted by molar-refractivity contribution is -0.238. The Labute approximate surface area is 327 Å². The average Bonchev–Trinajstić information content (AvgIpc) is 3.79. The first kappa shape index (κ1) is 39.5. The largest absolute Gasteiger partial charge is 0.493 e. The fraction of sp³-hybridized carbons (Fsp3) is 0.209. The Morgan fingerprint density at radius 1 is 0.825 bits per heavy atom. The van der Waals surface area contributed by atoms with Crippen molar-refractivity contribution in [1.29, 1.82) is 0 Å². The highest BCUT2D eigenvalue weighted by Crippen LogP contribution is 2.25. The van der Waals surface area contributed by atoms with E-state index < -0.39 is 35.4 Å². The molecule has 1 aliphatic rings. The van der Waals surface area contributed by atoms with Gasteiger partial charge in [-0.25, -0.2) is 9.78 Å². The molecular weight excluding hydrogens is 732 g/mol. The number of ketones is 1. The molecule has 0 atom stereocenters. The van der Waals surface area contributed by atoms with Gasteiger partial charge in [-0.2, -0.15) is 9.90 Å². The number of aromatic nitrogens is 4. The second-order valence-corrected chi connectivity index (χ2v) is 13.4. The number of aldehydes is 1. The minimum Gasteiger partial charge on any atom is -0.493 e. The summed E-state index contributed by atoms with van der Waals surface area (Å²) < 4.78 is 21.5. The molecule has 1 fully saturated rings. The highest BCUT2D eigenvalue weighted by molar-refractivity contribution is 6.16. The number of carboxylic acid groups (broad SMARTS) is 1. The standard InChI is InChI=1S/C28H24N4O4.C15H14O6/c1-19-24(29-27(36-19)21-8-4-2-5-9-21)16-17-35-23-14-12-20(13-15-23)18-25-26(28(33)34)31-32(30-25)22-10-6-3-7-11-22;1-15(2)20-13(18)12(14(19)21-15)11(17)7-9-3-5-10(8-16)6-4-9/h2-15H,16-18H2,1H3,(H,33,34);3-6,8,12H,7H2,1-2H3. The third-order valence-corrected chi connectivity index (χ3v) is 8.67. The highest BCUT2D eigenvalue weighted by Gasteiger charge is 2.46. The van der Waals surface area contributed by atoms with Crippen LogP contribution < -0.4 is 4.74 Å². The lowest BCUT2D eigenvalue weighted by Crippen LogP contribution is -2.49. The summed E-state index contributed by atoms with van der Waals surface area (Å²) in [6.45, 7) is 5.20. The van der Waals surface area contributed by atoms with E-state index in [4.69, 9.17) is 18.6 Å². The molecule has 0 bridgehead atoms. The fourth-order valence-corrected chi connectivity index (χ4v) is 5.82. The van der Waals surface area contributed by atoms with Crippen molar-refractivity contribution in [2.45, 2.75) is 45.8 Å². The molecular formula is C43H38N4O10. The van der Waals surface area contributed by atoms with Crippen LogP contribution in [-0.4, -0.2) is 67.5 Å². The number of hydrogen-bond acceptors (Lipinski definition) is 12. The number of nitrogens with zero attached hydrogens (tertiary/aromatic N) is 4. The molecule has 3 heterocycles. The third kappa shape index (κ3) is 10.1. The molecule has 0 aliphatic carbocycles. The van der Waals surface area contributed by atoms with Gasteiger partial charge in [-0.1, -0.05) is 72.8 Å². The summed E-state index contributed by atoms with van der Waals surface area (Å²) in [7, 11) is 0. The van der Waals surface area contributed by atoms with Crippen LogP contribution in [0.15, 0.2) is 114 Å². The van der Waals surface area contributed by atoms with Crippen LogP contribution in [0.1, 0.15) is 63.0 Å². The zero-order valence-corrected chi connectivity index (χ0v) is 31.3. The van der Waals surface area contributed by atoms with E-state index in [9.17, 15) is 29.1 Å². The van der Waals surface area contributed by atoms with Crippen LogP contribution in [0.2, 0.25) is 0 Å². The Bertz CT molecular complexity index is 2350. The zero-order chi connectivity index (χ0) is 40.5. The number of benzene rings is 4. The van der Waals surface area contributed by atoms with Crippen LogP contribution in [0.3, 0.4) is 0 Å². The highest BCUT2D eigenvalue weighted by atomic mass is 16.7. The maximum atomic E-state index is 12.1. The fourth-order valence-electron chi connectivity index (χ4n) is 5.82. The number of ether oxygens (including phenoxy) is 3. The molecule has 0 amide bonds. The Balaban J connectivity index is 0.000000223. The second kappa shape index (κ2) is 17.5. The van der Waals surface area contributed by atoms with Crippen molar-refractivity contribution in [3.8, 4) is 22.9 Å². The summed E-state index contributed by atoms with van der Waals surface area (Å²) in [5.74, 6) is -4.29. The number of carbonyl (C=O) groups is 5. The van der Waals surface area contributed by atoms with E-state index in [2.05, 4.69) is 15.2 Å². The Kier molecular flexibility index (Phi) is 12.1. The number of oxazole rings is 1. The lowest BCUT2D eigenvalue weighted by Gasteiger charge is -2.32. The molecule has 2 aromatic heterocycles. The first-order valence-corrected chi connectivity index (χ1v) is 17.9. The molecule has 14 heteroatoms. The van der Waals surface area contributed by atoms with Crippen molar-refractivity contribution >= 4 is 30.0 Å². The molecule has 1 aliphatic heterocycles. The number of hydrogen-bond donors (Lipinski definition) is 1. The van der Waals surface area contributed by atoms with Gasteiger partial charge in [0.2, 0.25) is 11.8 Å². The van der Waals surface area contributed by atoms with Crippen molar-refractivity contribution in [3.05, 3.63) is 149 Å². The lowest BCUT2D eigenvalue weighted by atomic mass is 9.96. The van der Waals surface area contributed by atoms with E-state index in [1.54, 1.807) is 24.3 Å². The van der Waals surface area contributed by atoms with Crippen LogP contribution in [0.25, 0.3) is 17.1 Å². The second-order valence-electron chi connectivity index (χ2n) is 13.4. The van der Waals surface area contributed by atoms with Gasteiger partial charge in [0.1, 0.15) is 23.5 Å². The molecule has 14 nitrogen and oxygen atoms in total. The number of rotatable bonds is 13. The van der Waals surface area contributed by atoms with Crippen LogP contribution in [0.4, 0.5) is 0 Å². The first-order chi connectivity index (χ1) is 27.4. The van der Waals surface area contributed by atoms with Gasteiger partial charge < -0.3 is 23.7 Å². The minimum atomic E-state index is -1.55. The predicted octanol–water partition coefficient (Wildman–Crippen LogP) is 6.20.